The lowest BCUT2D eigenvalue weighted by Crippen LogP contribution is -2.19. The van der Waals surface area contributed by atoms with Gasteiger partial charge in [-0.1, -0.05) is 13.0 Å². The van der Waals surface area contributed by atoms with Gasteiger partial charge in [0.25, 0.3) is 0 Å². The fourth-order valence-electron chi connectivity index (χ4n) is 1.87. The number of nitrogens with one attached hydrogen (secondary N) is 1. The van der Waals surface area contributed by atoms with Gasteiger partial charge < -0.3 is 5.32 Å². The fraction of sp³-hybridized carbons (Fsp3) is 0.429. The first kappa shape index (κ1) is 15.5. The molecule has 1 unspecified atom stereocenters. The zero-order valence-electron chi connectivity index (χ0n) is 11.9. The topological polar surface area (TPSA) is 42.7 Å². The normalized spacial score (nSPS) is 13.4. The Hall–Kier alpha value is -1.89. The van der Waals surface area contributed by atoms with E-state index in [1.54, 1.807) is 12.3 Å². The summed E-state index contributed by atoms with van der Waals surface area (Å²) in [6, 6.07) is 4.58. The van der Waals surface area contributed by atoms with Crippen LogP contribution in [0.3, 0.4) is 0 Å². The Kier molecular flexibility index (Phi) is 4.62. The molecule has 0 fully saturated rings. The number of nitrogens with zero attached hydrogens (tertiary/aromatic N) is 3. The van der Waals surface area contributed by atoms with Gasteiger partial charge in [-0.3, -0.25) is 0 Å². The van der Waals surface area contributed by atoms with Crippen molar-refractivity contribution in [2.75, 3.05) is 6.54 Å². The first-order valence-corrected chi connectivity index (χ1v) is 6.74. The summed E-state index contributed by atoms with van der Waals surface area (Å²) in [6.07, 6.45) is -0.506. The molecular formula is C14H17F3N4. The standard InChI is InChI=1S/C14H17F3N4/c1-3-7-18-10(2)11-4-5-13(19-9-11)21-8-6-12(20-21)14(15,16)17/h4-6,8-10,18H,3,7H2,1-2H3. The number of pyridine rings is 1. The van der Waals surface area contributed by atoms with Crippen LogP contribution in [0, 0.1) is 0 Å². The molecule has 21 heavy (non-hydrogen) atoms. The smallest absolute Gasteiger partial charge is 0.310 e. The summed E-state index contributed by atoms with van der Waals surface area (Å²) >= 11 is 0. The van der Waals surface area contributed by atoms with Gasteiger partial charge in [-0.15, -0.1) is 0 Å². The lowest BCUT2D eigenvalue weighted by molar-refractivity contribution is -0.141. The predicted octanol–water partition coefficient (Wildman–Crippen LogP) is 3.35. The largest absolute Gasteiger partial charge is 0.435 e. The zero-order valence-corrected chi connectivity index (χ0v) is 11.9. The molecule has 4 nitrogen and oxygen atoms in total. The van der Waals surface area contributed by atoms with Crippen LogP contribution < -0.4 is 5.32 Å². The summed E-state index contributed by atoms with van der Waals surface area (Å²) in [7, 11) is 0. The summed E-state index contributed by atoms with van der Waals surface area (Å²) in [4.78, 5) is 4.17. The number of halogens is 3. The van der Waals surface area contributed by atoms with Gasteiger partial charge in [-0.2, -0.15) is 18.3 Å². The average Bonchev–Trinajstić information content (AvgIpc) is 2.95. The van der Waals surface area contributed by atoms with Gasteiger partial charge >= 0.3 is 6.18 Å². The van der Waals surface area contributed by atoms with Crippen LogP contribution in [-0.4, -0.2) is 21.3 Å². The number of hydrogen-bond acceptors (Lipinski definition) is 3. The van der Waals surface area contributed by atoms with Gasteiger partial charge in [0.2, 0.25) is 0 Å². The third-order valence-electron chi connectivity index (χ3n) is 3.09. The first-order chi connectivity index (χ1) is 9.91. The number of rotatable bonds is 5. The first-order valence-electron chi connectivity index (χ1n) is 6.74. The van der Waals surface area contributed by atoms with Crippen molar-refractivity contribution in [1.82, 2.24) is 20.1 Å². The maximum Gasteiger partial charge on any atom is 0.435 e. The minimum atomic E-state index is -4.44. The van der Waals surface area contributed by atoms with Gasteiger partial charge in [-0.05, 0) is 37.6 Å². The molecule has 0 amide bonds. The molecule has 2 heterocycles. The van der Waals surface area contributed by atoms with E-state index in [0.29, 0.717) is 5.82 Å². The highest BCUT2D eigenvalue weighted by Gasteiger charge is 2.33. The third kappa shape index (κ3) is 3.81. The van der Waals surface area contributed by atoms with Crippen molar-refractivity contribution in [3.8, 4) is 5.82 Å². The van der Waals surface area contributed by atoms with Gasteiger partial charge in [0.15, 0.2) is 11.5 Å². The van der Waals surface area contributed by atoms with Crippen molar-refractivity contribution in [1.29, 1.82) is 0 Å². The molecular weight excluding hydrogens is 281 g/mol. The summed E-state index contributed by atoms with van der Waals surface area (Å²) in [5.41, 5.74) is 0.0572. The van der Waals surface area contributed by atoms with Gasteiger partial charge in [-0.25, -0.2) is 9.67 Å². The highest BCUT2D eigenvalue weighted by molar-refractivity contribution is 5.26. The fourth-order valence-corrected chi connectivity index (χ4v) is 1.87. The maximum atomic E-state index is 12.5. The highest BCUT2D eigenvalue weighted by atomic mass is 19.4. The Morgan fingerprint density at radius 1 is 1.29 bits per heavy atom. The molecule has 0 aliphatic heterocycles. The van der Waals surface area contributed by atoms with E-state index in [4.69, 9.17) is 0 Å². The number of aromatic nitrogens is 3. The lowest BCUT2D eigenvalue weighted by atomic mass is 10.1. The minimum Gasteiger partial charge on any atom is -0.310 e. The Morgan fingerprint density at radius 3 is 2.57 bits per heavy atom. The van der Waals surface area contributed by atoms with Crippen molar-refractivity contribution in [2.45, 2.75) is 32.5 Å². The lowest BCUT2D eigenvalue weighted by Gasteiger charge is -2.13. The SMILES string of the molecule is CCCNC(C)c1ccc(-n2ccc(C(F)(F)F)n2)nc1. The second-order valence-electron chi connectivity index (χ2n) is 4.77. The summed E-state index contributed by atoms with van der Waals surface area (Å²) in [5, 5.41) is 6.81. The van der Waals surface area contributed by atoms with E-state index in [2.05, 4.69) is 22.3 Å². The zero-order chi connectivity index (χ0) is 15.5. The molecule has 7 heteroatoms. The Bertz CT molecular complexity index is 575. The van der Waals surface area contributed by atoms with Gasteiger partial charge in [0.05, 0.1) is 0 Å². The van der Waals surface area contributed by atoms with Crippen LogP contribution >= 0.6 is 0 Å². The van der Waals surface area contributed by atoms with E-state index in [0.717, 1.165) is 29.3 Å². The third-order valence-corrected chi connectivity index (χ3v) is 3.09. The molecule has 0 radical (unpaired) electrons. The molecule has 0 spiro atoms. The second-order valence-corrected chi connectivity index (χ2v) is 4.77. The molecule has 0 aliphatic rings. The van der Waals surface area contributed by atoms with Crippen LogP contribution in [0.25, 0.3) is 5.82 Å². The van der Waals surface area contributed by atoms with Gasteiger partial charge in [0.1, 0.15) is 0 Å². The molecule has 114 valence electrons. The van der Waals surface area contributed by atoms with Crippen LogP contribution in [0.1, 0.15) is 37.6 Å². The summed E-state index contributed by atoms with van der Waals surface area (Å²) < 4.78 is 38.6. The monoisotopic (exact) mass is 298 g/mol. The Labute approximate surface area is 121 Å². The van der Waals surface area contributed by atoms with Crippen LogP contribution in [-0.2, 0) is 6.18 Å². The predicted molar refractivity (Wildman–Crippen MR) is 73.1 cm³/mol. The molecule has 0 saturated carbocycles. The van der Waals surface area contributed by atoms with E-state index >= 15 is 0 Å². The summed E-state index contributed by atoms with van der Waals surface area (Å²) in [6.45, 7) is 5.00. The minimum absolute atomic E-state index is 0.148. The quantitative estimate of drug-likeness (QED) is 0.920. The molecule has 2 rings (SSSR count). The van der Waals surface area contributed by atoms with Crippen LogP contribution in [0.15, 0.2) is 30.6 Å². The number of hydrogen-bond donors (Lipinski definition) is 1. The van der Waals surface area contributed by atoms with Crippen molar-refractivity contribution in [3.05, 3.63) is 41.9 Å². The second kappa shape index (κ2) is 6.26. The molecule has 1 atom stereocenters. The van der Waals surface area contributed by atoms with E-state index in [-0.39, 0.29) is 6.04 Å². The van der Waals surface area contributed by atoms with Crippen LogP contribution in [0.2, 0.25) is 0 Å². The van der Waals surface area contributed by atoms with E-state index in [1.807, 2.05) is 13.0 Å². The highest BCUT2D eigenvalue weighted by Crippen LogP contribution is 2.27. The van der Waals surface area contributed by atoms with E-state index in [9.17, 15) is 13.2 Å². The van der Waals surface area contributed by atoms with Gasteiger partial charge in [0, 0.05) is 18.4 Å². The Balaban J connectivity index is 2.13. The van der Waals surface area contributed by atoms with Crippen molar-refractivity contribution in [2.24, 2.45) is 0 Å². The molecule has 2 aromatic heterocycles. The summed E-state index contributed by atoms with van der Waals surface area (Å²) in [5.74, 6) is 0.358. The molecule has 0 saturated heterocycles. The van der Waals surface area contributed by atoms with E-state index < -0.39 is 11.9 Å². The molecule has 0 aliphatic carbocycles. The maximum absolute atomic E-state index is 12.5. The van der Waals surface area contributed by atoms with Crippen molar-refractivity contribution >= 4 is 0 Å². The molecule has 0 bridgehead atoms. The number of alkyl halides is 3. The van der Waals surface area contributed by atoms with Crippen molar-refractivity contribution < 1.29 is 13.2 Å². The molecule has 1 N–H and O–H groups in total. The molecule has 0 aromatic carbocycles. The molecule has 2 aromatic rings. The van der Waals surface area contributed by atoms with Crippen LogP contribution in [0.4, 0.5) is 13.2 Å². The van der Waals surface area contributed by atoms with E-state index in [1.165, 1.54) is 6.20 Å². The van der Waals surface area contributed by atoms with Crippen LogP contribution in [0.5, 0.6) is 0 Å². The van der Waals surface area contributed by atoms with Crippen molar-refractivity contribution in [3.63, 3.8) is 0 Å². The average molecular weight is 298 g/mol. The Morgan fingerprint density at radius 2 is 2.05 bits per heavy atom.